The zero-order chi connectivity index (χ0) is 13.9. The molecule has 3 rings (SSSR count). The third kappa shape index (κ3) is 3.04. The van der Waals surface area contributed by atoms with Gasteiger partial charge in [-0.3, -0.25) is 0 Å². The zero-order valence-electron chi connectivity index (χ0n) is 12.3. The smallest absolute Gasteiger partial charge is 0.123 e. The van der Waals surface area contributed by atoms with Gasteiger partial charge >= 0.3 is 0 Å². The molecule has 0 aromatic heterocycles. The number of hydrogen-bond acceptors (Lipinski definition) is 2. The average molecular weight is 276 g/mol. The van der Waals surface area contributed by atoms with E-state index in [9.17, 15) is 4.39 Å². The molecule has 2 nitrogen and oxygen atoms in total. The van der Waals surface area contributed by atoms with Crippen molar-refractivity contribution in [3.8, 4) is 0 Å². The molecule has 3 heteroatoms. The Labute approximate surface area is 121 Å². The molecule has 20 heavy (non-hydrogen) atoms. The molecule has 0 radical (unpaired) electrons. The highest BCUT2D eigenvalue weighted by molar-refractivity contribution is 5.20. The lowest BCUT2D eigenvalue weighted by molar-refractivity contribution is 0.291. The summed E-state index contributed by atoms with van der Waals surface area (Å²) in [4.78, 5) is 2.61. The van der Waals surface area contributed by atoms with Crippen molar-refractivity contribution in [3.05, 3.63) is 35.6 Å². The van der Waals surface area contributed by atoms with E-state index in [4.69, 9.17) is 0 Å². The summed E-state index contributed by atoms with van der Waals surface area (Å²) < 4.78 is 13.3. The summed E-state index contributed by atoms with van der Waals surface area (Å²) in [6.07, 6.45) is 5.35. The molecule has 1 saturated heterocycles. The second-order valence-electron chi connectivity index (χ2n) is 6.40. The van der Waals surface area contributed by atoms with Crippen LogP contribution in [0.3, 0.4) is 0 Å². The number of rotatable bonds is 5. The highest BCUT2D eigenvalue weighted by Crippen LogP contribution is 2.37. The lowest BCUT2D eigenvalue weighted by Crippen LogP contribution is -2.27. The molecule has 1 aliphatic heterocycles. The largest absolute Gasteiger partial charge is 0.313 e. The van der Waals surface area contributed by atoms with Crippen molar-refractivity contribution in [1.29, 1.82) is 0 Å². The van der Waals surface area contributed by atoms with Gasteiger partial charge < -0.3 is 10.2 Å². The van der Waals surface area contributed by atoms with E-state index < -0.39 is 0 Å². The minimum atomic E-state index is -0.140. The van der Waals surface area contributed by atoms with Crippen LogP contribution in [0.2, 0.25) is 0 Å². The van der Waals surface area contributed by atoms with Gasteiger partial charge in [0, 0.05) is 19.1 Å². The number of nitrogens with zero attached hydrogens (tertiary/aromatic N) is 1. The lowest BCUT2D eigenvalue weighted by atomic mass is 10.0. The molecule has 1 aromatic carbocycles. The van der Waals surface area contributed by atoms with Gasteiger partial charge in [0.25, 0.3) is 0 Å². The Hall–Kier alpha value is -0.930. The Morgan fingerprint density at radius 3 is 2.70 bits per heavy atom. The number of likely N-dealkylation sites (tertiary alicyclic amines) is 1. The predicted molar refractivity (Wildman–Crippen MR) is 80.1 cm³/mol. The summed E-state index contributed by atoms with van der Waals surface area (Å²) in [5.41, 5.74) is 1.06. The molecule has 1 aliphatic carbocycles. The molecular weight excluding hydrogens is 251 g/mol. The average Bonchev–Trinajstić information content (AvgIpc) is 3.00. The third-order valence-corrected chi connectivity index (χ3v) is 5.14. The molecule has 1 heterocycles. The Morgan fingerprint density at radius 2 is 2.05 bits per heavy atom. The van der Waals surface area contributed by atoms with Crippen LogP contribution in [0.4, 0.5) is 4.39 Å². The molecule has 1 N–H and O–H groups in total. The summed E-state index contributed by atoms with van der Waals surface area (Å²) in [6.45, 7) is 3.68. The summed E-state index contributed by atoms with van der Waals surface area (Å²) in [7, 11) is 1.97. The van der Waals surface area contributed by atoms with E-state index >= 15 is 0 Å². The Kier molecular flexibility index (Phi) is 4.37. The third-order valence-electron chi connectivity index (χ3n) is 5.14. The first kappa shape index (κ1) is 14.0. The topological polar surface area (TPSA) is 15.3 Å². The quantitative estimate of drug-likeness (QED) is 0.888. The van der Waals surface area contributed by atoms with Crippen molar-refractivity contribution in [1.82, 2.24) is 10.2 Å². The van der Waals surface area contributed by atoms with E-state index in [0.29, 0.717) is 0 Å². The van der Waals surface area contributed by atoms with Crippen LogP contribution in [-0.2, 0) is 0 Å². The first-order chi connectivity index (χ1) is 9.76. The Balaban J connectivity index is 1.54. The van der Waals surface area contributed by atoms with Gasteiger partial charge in [-0.25, -0.2) is 4.39 Å². The first-order valence-electron chi connectivity index (χ1n) is 7.91. The number of hydrogen-bond donors (Lipinski definition) is 1. The summed E-state index contributed by atoms with van der Waals surface area (Å²) in [5.74, 6) is 1.77. The monoisotopic (exact) mass is 276 g/mol. The Bertz CT molecular complexity index is 436. The van der Waals surface area contributed by atoms with E-state index in [1.807, 2.05) is 13.1 Å². The van der Waals surface area contributed by atoms with Gasteiger partial charge in [-0.15, -0.1) is 0 Å². The highest BCUT2D eigenvalue weighted by atomic mass is 19.1. The number of halogens is 1. The van der Waals surface area contributed by atoms with Crippen molar-refractivity contribution in [2.45, 2.75) is 31.7 Å². The maximum Gasteiger partial charge on any atom is 0.123 e. The van der Waals surface area contributed by atoms with Gasteiger partial charge in [-0.2, -0.15) is 0 Å². The molecule has 2 fully saturated rings. The molecule has 3 atom stereocenters. The molecule has 0 amide bonds. The van der Waals surface area contributed by atoms with Crippen molar-refractivity contribution < 1.29 is 4.39 Å². The van der Waals surface area contributed by atoms with Crippen molar-refractivity contribution in [2.75, 3.05) is 26.7 Å². The second kappa shape index (κ2) is 6.23. The fourth-order valence-corrected chi connectivity index (χ4v) is 4.03. The molecule has 0 bridgehead atoms. The second-order valence-corrected chi connectivity index (χ2v) is 6.40. The van der Waals surface area contributed by atoms with Crippen LogP contribution in [0.1, 0.15) is 37.3 Å². The molecule has 110 valence electrons. The predicted octanol–water partition coefficient (Wildman–Crippen LogP) is 3.21. The van der Waals surface area contributed by atoms with Crippen LogP contribution >= 0.6 is 0 Å². The summed E-state index contributed by atoms with van der Waals surface area (Å²) in [5, 5.41) is 3.33. The van der Waals surface area contributed by atoms with Crippen LogP contribution in [0.25, 0.3) is 0 Å². The van der Waals surface area contributed by atoms with Crippen molar-refractivity contribution in [3.63, 3.8) is 0 Å². The number of fused-ring (bicyclic) bond motifs is 1. The van der Waals surface area contributed by atoms with Crippen LogP contribution in [-0.4, -0.2) is 31.6 Å². The molecule has 1 saturated carbocycles. The number of nitrogens with one attached hydrogen (secondary N) is 1. The lowest BCUT2D eigenvalue weighted by Gasteiger charge is -2.22. The fraction of sp³-hybridized carbons (Fsp3) is 0.647. The summed E-state index contributed by atoms with van der Waals surface area (Å²) in [6, 6.07) is 7.24. The number of benzene rings is 1. The van der Waals surface area contributed by atoms with Gasteiger partial charge in [0.15, 0.2) is 0 Å². The van der Waals surface area contributed by atoms with E-state index in [0.717, 1.165) is 30.4 Å². The Morgan fingerprint density at radius 1 is 1.30 bits per heavy atom. The fourth-order valence-electron chi connectivity index (χ4n) is 4.03. The van der Waals surface area contributed by atoms with E-state index in [1.54, 1.807) is 12.1 Å². The van der Waals surface area contributed by atoms with Gasteiger partial charge in [0.1, 0.15) is 5.82 Å². The van der Waals surface area contributed by atoms with Crippen LogP contribution < -0.4 is 5.32 Å². The van der Waals surface area contributed by atoms with Gasteiger partial charge in [0.05, 0.1) is 0 Å². The highest BCUT2D eigenvalue weighted by Gasteiger charge is 2.35. The maximum atomic E-state index is 13.3. The summed E-state index contributed by atoms with van der Waals surface area (Å²) >= 11 is 0. The van der Waals surface area contributed by atoms with Gasteiger partial charge in [-0.05, 0) is 62.4 Å². The van der Waals surface area contributed by atoms with Crippen LogP contribution in [0, 0.1) is 17.7 Å². The van der Waals surface area contributed by atoms with Gasteiger partial charge in [0.2, 0.25) is 0 Å². The van der Waals surface area contributed by atoms with E-state index in [1.165, 1.54) is 38.4 Å². The standard InChI is InChI=1S/C17H25FN2/c1-19-17(13-4-3-7-16(18)10-13)8-9-20-11-14-5-2-6-15(14)12-20/h3-4,7,10,14-15,17,19H,2,5-6,8-9,11-12H2,1H3. The van der Waals surface area contributed by atoms with Crippen LogP contribution in [0.5, 0.6) is 0 Å². The molecule has 3 unspecified atom stereocenters. The SMILES string of the molecule is CNC(CCN1CC2CCCC2C1)c1cccc(F)c1. The van der Waals surface area contributed by atoms with E-state index in [2.05, 4.69) is 10.2 Å². The van der Waals surface area contributed by atoms with Crippen molar-refractivity contribution >= 4 is 0 Å². The molecular formula is C17H25FN2. The molecule has 1 aromatic rings. The normalized spacial score (nSPS) is 27.7. The maximum absolute atomic E-state index is 13.3. The van der Waals surface area contributed by atoms with Crippen LogP contribution in [0.15, 0.2) is 24.3 Å². The zero-order valence-corrected chi connectivity index (χ0v) is 12.3. The molecule has 0 spiro atoms. The van der Waals surface area contributed by atoms with E-state index in [-0.39, 0.29) is 11.9 Å². The van der Waals surface area contributed by atoms with Gasteiger partial charge in [-0.1, -0.05) is 18.6 Å². The molecule has 2 aliphatic rings. The minimum Gasteiger partial charge on any atom is -0.313 e. The minimum absolute atomic E-state index is 0.140. The first-order valence-corrected chi connectivity index (χ1v) is 7.91. The van der Waals surface area contributed by atoms with Crippen molar-refractivity contribution in [2.24, 2.45) is 11.8 Å².